The van der Waals surface area contributed by atoms with Crippen molar-refractivity contribution < 1.29 is 4.92 Å². The third-order valence-electron chi connectivity index (χ3n) is 2.38. The second-order valence-corrected chi connectivity index (χ2v) is 4.41. The minimum atomic E-state index is -0.362. The van der Waals surface area contributed by atoms with Crippen LogP contribution in [0.15, 0.2) is 29.4 Å². The lowest BCUT2D eigenvalue weighted by molar-refractivity contribution is -0.385. The molecule has 6 nitrogen and oxygen atoms in total. The molecule has 0 aliphatic carbocycles. The number of nitrogens with zero attached hydrogens (tertiary/aromatic N) is 3. The Labute approximate surface area is 102 Å². The first-order chi connectivity index (χ1) is 8.18. The largest absolute Gasteiger partial charge is 0.272 e. The summed E-state index contributed by atoms with van der Waals surface area (Å²) in [5.74, 6) is 0.639. The molecule has 0 amide bonds. The van der Waals surface area contributed by atoms with Gasteiger partial charge in [0.05, 0.1) is 11.1 Å². The number of benzene rings is 1. The lowest BCUT2D eigenvalue weighted by Gasteiger charge is -2.04. The van der Waals surface area contributed by atoms with Crippen LogP contribution in [0, 0.1) is 17.0 Å². The van der Waals surface area contributed by atoms with Crippen LogP contribution in [0.1, 0.15) is 11.1 Å². The minimum Gasteiger partial charge on any atom is -0.258 e. The van der Waals surface area contributed by atoms with E-state index in [4.69, 9.17) is 0 Å². The number of aromatic amines is 1. The number of hydrogen-bond donors (Lipinski definition) is 1. The van der Waals surface area contributed by atoms with E-state index < -0.39 is 0 Å². The van der Waals surface area contributed by atoms with Crippen LogP contribution in [0.3, 0.4) is 0 Å². The number of thioether (sulfide) groups is 1. The van der Waals surface area contributed by atoms with Crippen molar-refractivity contribution in [2.45, 2.75) is 17.7 Å². The van der Waals surface area contributed by atoms with E-state index in [9.17, 15) is 10.1 Å². The summed E-state index contributed by atoms with van der Waals surface area (Å²) in [5.41, 5.74) is 1.80. The molecule has 0 fully saturated rings. The summed E-state index contributed by atoms with van der Waals surface area (Å²) in [6.45, 7) is 1.76. The van der Waals surface area contributed by atoms with Gasteiger partial charge in [-0.3, -0.25) is 10.1 Å². The molecule has 0 radical (unpaired) electrons. The maximum Gasteiger partial charge on any atom is 0.272 e. The number of nitrogens with one attached hydrogen (secondary N) is 1. The molecule has 0 saturated carbocycles. The first-order valence-corrected chi connectivity index (χ1v) is 5.88. The molecule has 0 bridgehead atoms. The highest BCUT2D eigenvalue weighted by Crippen LogP contribution is 2.26. The second kappa shape index (κ2) is 4.96. The minimum absolute atomic E-state index is 0.156. The quantitative estimate of drug-likeness (QED) is 0.511. The molecule has 2 rings (SSSR count). The topological polar surface area (TPSA) is 84.7 Å². The Morgan fingerprint density at radius 2 is 2.35 bits per heavy atom. The van der Waals surface area contributed by atoms with Gasteiger partial charge in [-0.1, -0.05) is 23.9 Å². The van der Waals surface area contributed by atoms with Gasteiger partial charge >= 0.3 is 0 Å². The van der Waals surface area contributed by atoms with E-state index in [1.807, 2.05) is 6.07 Å². The van der Waals surface area contributed by atoms with Crippen LogP contribution in [-0.2, 0) is 5.75 Å². The lowest BCUT2D eigenvalue weighted by Crippen LogP contribution is -1.95. The number of rotatable bonds is 4. The lowest BCUT2D eigenvalue weighted by atomic mass is 10.1. The van der Waals surface area contributed by atoms with Crippen LogP contribution in [0.4, 0.5) is 5.69 Å². The van der Waals surface area contributed by atoms with Crippen molar-refractivity contribution in [2.75, 3.05) is 0 Å². The Bertz CT molecular complexity index is 527. The highest BCUT2D eigenvalue weighted by molar-refractivity contribution is 7.98. The summed E-state index contributed by atoms with van der Waals surface area (Å²) in [5, 5.41) is 21.7. The van der Waals surface area contributed by atoms with Gasteiger partial charge in [-0.25, -0.2) is 0 Å². The standard InChI is InChI=1S/C10H10N4O2S/c1-7-8(3-2-4-9(7)14(15)16)6-17-10-5-11-13-12-10/h2-5H,6H2,1H3,(H,11,12,13). The number of nitro benzene ring substituents is 1. The molecule has 1 aromatic carbocycles. The van der Waals surface area contributed by atoms with Crippen LogP contribution in [0.25, 0.3) is 0 Å². The van der Waals surface area contributed by atoms with Gasteiger partial charge in [0.25, 0.3) is 5.69 Å². The Morgan fingerprint density at radius 1 is 1.53 bits per heavy atom. The van der Waals surface area contributed by atoms with E-state index in [0.29, 0.717) is 11.3 Å². The van der Waals surface area contributed by atoms with E-state index in [1.54, 1.807) is 19.2 Å². The van der Waals surface area contributed by atoms with E-state index in [2.05, 4.69) is 15.4 Å². The Balaban J connectivity index is 2.16. The number of H-pyrrole nitrogens is 1. The van der Waals surface area contributed by atoms with E-state index in [0.717, 1.165) is 10.6 Å². The van der Waals surface area contributed by atoms with Gasteiger partial charge in [-0.15, -0.1) is 5.10 Å². The fourth-order valence-electron chi connectivity index (χ4n) is 1.44. The Hall–Kier alpha value is -1.89. The monoisotopic (exact) mass is 250 g/mol. The smallest absolute Gasteiger partial charge is 0.258 e. The van der Waals surface area contributed by atoms with Crippen molar-refractivity contribution in [3.63, 3.8) is 0 Å². The molecule has 2 aromatic rings. The van der Waals surface area contributed by atoms with Crippen molar-refractivity contribution >= 4 is 17.4 Å². The highest BCUT2D eigenvalue weighted by Gasteiger charge is 2.13. The second-order valence-electron chi connectivity index (χ2n) is 3.42. The van der Waals surface area contributed by atoms with Gasteiger partial charge in [0.15, 0.2) is 0 Å². The molecule has 0 atom stereocenters. The van der Waals surface area contributed by atoms with Crippen molar-refractivity contribution in [3.8, 4) is 0 Å². The molecule has 0 aliphatic rings. The summed E-state index contributed by atoms with van der Waals surface area (Å²) in [6.07, 6.45) is 1.62. The zero-order chi connectivity index (χ0) is 12.3. The van der Waals surface area contributed by atoms with Crippen LogP contribution in [0.2, 0.25) is 0 Å². The summed E-state index contributed by atoms with van der Waals surface area (Å²) in [4.78, 5) is 10.4. The van der Waals surface area contributed by atoms with Gasteiger partial charge in [0.1, 0.15) is 5.03 Å². The van der Waals surface area contributed by atoms with E-state index >= 15 is 0 Å². The molecule has 0 spiro atoms. The average molecular weight is 250 g/mol. The summed E-state index contributed by atoms with van der Waals surface area (Å²) in [6, 6.07) is 5.10. The molecule has 1 heterocycles. The van der Waals surface area contributed by atoms with Crippen LogP contribution in [-0.4, -0.2) is 20.3 Å². The Kier molecular flexibility index (Phi) is 3.38. The summed E-state index contributed by atoms with van der Waals surface area (Å²) < 4.78 is 0. The zero-order valence-electron chi connectivity index (χ0n) is 9.08. The summed E-state index contributed by atoms with van der Waals surface area (Å²) >= 11 is 1.49. The molecule has 0 aliphatic heterocycles. The van der Waals surface area contributed by atoms with Gasteiger partial charge < -0.3 is 0 Å². The van der Waals surface area contributed by atoms with Gasteiger partial charge in [0.2, 0.25) is 0 Å². The molecule has 88 valence electrons. The predicted octanol–water partition coefficient (Wildman–Crippen LogP) is 2.31. The molecular formula is C10H10N4O2S. The van der Waals surface area contributed by atoms with Crippen LogP contribution in [0.5, 0.6) is 0 Å². The van der Waals surface area contributed by atoms with E-state index in [1.165, 1.54) is 17.8 Å². The molecule has 0 saturated heterocycles. The molecule has 1 N–H and O–H groups in total. The first-order valence-electron chi connectivity index (χ1n) is 4.90. The Morgan fingerprint density at radius 3 is 3.00 bits per heavy atom. The van der Waals surface area contributed by atoms with Crippen molar-refractivity contribution in [1.82, 2.24) is 15.4 Å². The SMILES string of the molecule is Cc1c(CSc2cn[nH]n2)cccc1[N+](=O)[O-]. The molecule has 0 unspecified atom stereocenters. The van der Waals surface area contributed by atoms with Crippen LogP contribution >= 0.6 is 11.8 Å². The maximum absolute atomic E-state index is 10.8. The number of aromatic nitrogens is 3. The maximum atomic E-state index is 10.8. The third-order valence-corrected chi connectivity index (χ3v) is 3.33. The fourth-order valence-corrected chi connectivity index (χ4v) is 2.29. The zero-order valence-corrected chi connectivity index (χ0v) is 9.90. The van der Waals surface area contributed by atoms with Crippen molar-refractivity contribution in [2.24, 2.45) is 0 Å². The normalized spacial score (nSPS) is 10.4. The van der Waals surface area contributed by atoms with Crippen molar-refractivity contribution in [1.29, 1.82) is 0 Å². The average Bonchev–Trinajstić information content (AvgIpc) is 2.80. The van der Waals surface area contributed by atoms with Crippen LogP contribution < -0.4 is 0 Å². The molecular weight excluding hydrogens is 240 g/mol. The highest BCUT2D eigenvalue weighted by atomic mass is 32.2. The van der Waals surface area contributed by atoms with Gasteiger partial charge in [-0.2, -0.15) is 10.3 Å². The number of hydrogen-bond acceptors (Lipinski definition) is 5. The van der Waals surface area contributed by atoms with Crippen molar-refractivity contribution in [3.05, 3.63) is 45.6 Å². The molecule has 1 aromatic heterocycles. The van der Waals surface area contributed by atoms with Gasteiger partial charge in [-0.05, 0) is 12.5 Å². The predicted molar refractivity (Wildman–Crippen MR) is 63.8 cm³/mol. The third kappa shape index (κ3) is 2.62. The van der Waals surface area contributed by atoms with Gasteiger partial charge in [0, 0.05) is 17.4 Å². The number of nitro groups is 1. The summed E-state index contributed by atoms with van der Waals surface area (Å²) in [7, 11) is 0. The molecule has 17 heavy (non-hydrogen) atoms. The fraction of sp³-hybridized carbons (Fsp3) is 0.200. The molecule has 7 heteroatoms. The van der Waals surface area contributed by atoms with E-state index in [-0.39, 0.29) is 10.6 Å². The first kappa shape index (κ1) is 11.6.